The molecule has 1 aliphatic carbocycles. The summed E-state index contributed by atoms with van der Waals surface area (Å²) in [5.74, 6) is -0.189. The number of carbonyl (C=O) groups is 1. The summed E-state index contributed by atoms with van der Waals surface area (Å²) in [5, 5.41) is 0. The van der Waals surface area contributed by atoms with Gasteiger partial charge in [0.1, 0.15) is 6.61 Å². The minimum absolute atomic E-state index is 0. The van der Waals surface area contributed by atoms with Gasteiger partial charge in [-0.2, -0.15) is 0 Å². The molecular formula is C15H22ClFN2O2. The van der Waals surface area contributed by atoms with Crippen LogP contribution in [0, 0.1) is 11.7 Å². The average Bonchev–Trinajstić information content (AvgIpc) is 2.86. The molecule has 1 aromatic rings. The first-order chi connectivity index (χ1) is 9.59. The van der Waals surface area contributed by atoms with Gasteiger partial charge in [-0.05, 0) is 25.0 Å². The van der Waals surface area contributed by atoms with Gasteiger partial charge < -0.3 is 15.4 Å². The predicted octanol–water partition coefficient (Wildman–Crippen LogP) is 2.21. The van der Waals surface area contributed by atoms with Crippen LogP contribution >= 0.6 is 12.4 Å². The van der Waals surface area contributed by atoms with E-state index in [1.807, 2.05) is 0 Å². The van der Waals surface area contributed by atoms with Crippen molar-refractivity contribution in [1.29, 1.82) is 0 Å². The molecule has 2 unspecified atom stereocenters. The number of amides is 1. The molecule has 0 heterocycles. The van der Waals surface area contributed by atoms with Crippen molar-refractivity contribution in [3.05, 3.63) is 30.1 Å². The summed E-state index contributed by atoms with van der Waals surface area (Å²) in [7, 11) is 1.73. The van der Waals surface area contributed by atoms with Crippen LogP contribution in [-0.2, 0) is 4.79 Å². The largest absolute Gasteiger partial charge is 0.489 e. The zero-order valence-electron chi connectivity index (χ0n) is 12.1. The maximum atomic E-state index is 13.3. The SMILES string of the molecule is CN(CCOc1ccccc1F)C(=O)C1CCCC1N.Cl. The van der Waals surface area contributed by atoms with Crippen molar-refractivity contribution in [1.82, 2.24) is 4.90 Å². The van der Waals surface area contributed by atoms with Crippen LogP contribution in [0.2, 0.25) is 0 Å². The second-order valence-corrected chi connectivity index (χ2v) is 5.24. The number of hydrogen-bond donors (Lipinski definition) is 1. The molecule has 1 aromatic carbocycles. The lowest BCUT2D eigenvalue weighted by molar-refractivity contribution is -0.134. The van der Waals surface area contributed by atoms with E-state index in [1.165, 1.54) is 6.07 Å². The van der Waals surface area contributed by atoms with Gasteiger partial charge >= 0.3 is 0 Å². The molecule has 2 N–H and O–H groups in total. The summed E-state index contributed by atoms with van der Waals surface area (Å²) in [6.07, 6.45) is 2.78. The maximum absolute atomic E-state index is 13.3. The molecule has 118 valence electrons. The molecule has 0 spiro atoms. The van der Waals surface area contributed by atoms with Crippen molar-refractivity contribution >= 4 is 18.3 Å². The third-order valence-corrected chi connectivity index (χ3v) is 3.78. The van der Waals surface area contributed by atoms with Crippen molar-refractivity contribution in [3.8, 4) is 5.75 Å². The summed E-state index contributed by atoms with van der Waals surface area (Å²) in [5.41, 5.74) is 5.93. The number of rotatable bonds is 5. The van der Waals surface area contributed by atoms with E-state index in [4.69, 9.17) is 10.5 Å². The Kier molecular flexibility index (Phi) is 6.92. The van der Waals surface area contributed by atoms with E-state index < -0.39 is 0 Å². The highest BCUT2D eigenvalue weighted by Gasteiger charge is 2.31. The Hall–Kier alpha value is -1.33. The number of nitrogens with two attached hydrogens (primary N) is 1. The van der Waals surface area contributed by atoms with Gasteiger partial charge in [0.15, 0.2) is 11.6 Å². The molecule has 1 aliphatic rings. The number of para-hydroxylation sites is 1. The molecule has 0 aromatic heterocycles. The smallest absolute Gasteiger partial charge is 0.227 e. The first-order valence-electron chi connectivity index (χ1n) is 6.97. The second kappa shape index (κ2) is 8.20. The van der Waals surface area contributed by atoms with Crippen LogP contribution in [-0.4, -0.2) is 37.0 Å². The molecule has 1 amide bonds. The third-order valence-electron chi connectivity index (χ3n) is 3.78. The Morgan fingerprint density at radius 2 is 2.14 bits per heavy atom. The van der Waals surface area contributed by atoms with Gasteiger partial charge in [-0.15, -0.1) is 12.4 Å². The van der Waals surface area contributed by atoms with Gasteiger partial charge in [0.2, 0.25) is 5.91 Å². The highest BCUT2D eigenvalue weighted by molar-refractivity contribution is 5.85. The lowest BCUT2D eigenvalue weighted by atomic mass is 10.0. The molecule has 4 nitrogen and oxygen atoms in total. The number of halogens is 2. The van der Waals surface area contributed by atoms with Gasteiger partial charge in [-0.25, -0.2) is 4.39 Å². The summed E-state index contributed by atoms with van der Waals surface area (Å²) in [6.45, 7) is 0.696. The normalized spacial score (nSPS) is 20.7. The molecule has 0 bridgehead atoms. The zero-order valence-corrected chi connectivity index (χ0v) is 12.9. The number of benzene rings is 1. The fourth-order valence-corrected chi connectivity index (χ4v) is 2.54. The highest BCUT2D eigenvalue weighted by Crippen LogP contribution is 2.25. The van der Waals surface area contributed by atoms with E-state index in [-0.39, 0.29) is 48.4 Å². The van der Waals surface area contributed by atoms with Crippen molar-refractivity contribution in [3.63, 3.8) is 0 Å². The Morgan fingerprint density at radius 3 is 2.76 bits per heavy atom. The summed E-state index contributed by atoms with van der Waals surface area (Å²) >= 11 is 0. The lowest BCUT2D eigenvalue weighted by Crippen LogP contribution is -2.41. The lowest BCUT2D eigenvalue weighted by Gasteiger charge is -2.23. The summed E-state index contributed by atoms with van der Waals surface area (Å²) in [4.78, 5) is 13.8. The topological polar surface area (TPSA) is 55.6 Å². The Morgan fingerprint density at radius 1 is 1.43 bits per heavy atom. The molecule has 1 saturated carbocycles. The first-order valence-corrected chi connectivity index (χ1v) is 6.97. The van der Waals surface area contributed by atoms with Crippen LogP contribution in [0.4, 0.5) is 4.39 Å². The van der Waals surface area contributed by atoms with Crippen molar-refractivity contribution < 1.29 is 13.9 Å². The fraction of sp³-hybridized carbons (Fsp3) is 0.533. The quantitative estimate of drug-likeness (QED) is 0.906. The van der Waals surface area contributed by atoms with Crippen molar-refractivity contribution in [2.45, 2.75) is 25.3 Å². The van der Waals surface area contributed by atoms with Crippen LogP contribution < -0.4 is 10.5 Å². The molecule has 1 fully saturated rings. The predicted molar refractivity (Wildman–Crippen MR) is 82.1 cm³/mol. The Labute approximate surface area is 130 Å². The summed E-state index contributed by atoms with van der Waals surface area (Å²) in [6, 6.07) is 6.22. The van der Waals surface area contributed by atoms with Gasteiger partial charge in [0, 0.05) is 13.1 Å². The average molecular weight is 317 g/mol. The molecule has 21 heavy (non-hydrogen) atoms. The van der Waals surface area contributed by atoms with Gasteiger partial charge in [0.05, 0.1) is 12.5 Å². The molecule has 0 aliphatic heterocycles. The van der Waals surface area contributed by atoms with E-state index in [2.05, 4.69) is 0 Å². The van der Waals surface area contributed by atoms with Crippen LogP contribution in [0.25, 0.3) is 0 Å². The third kappa shape index (κ3) is 4.58. The molecule has 0 saturated heterocycles. The number of ether oxygens (including phenoxy) is 1. The number of nitrogens with zero attached hydrogens (tertiary/aromatic N) is 1. The van der Waals surface area contributed by atoms with Gasteiger partial charge in [-0.1, -0.05) is 18.6 Å². The fourth-order valence-electron chi connectivity index (χ4n) is 2.54. The van der Waals surface area contributed by atoms with E-state index in [0.29, 0.717) is 6.54 Å². The Balaban J connectivity index is 0.00000220. The van der Waals surface area contributed by atoms with Crippen molar-refractivity contribution in [2.24, 2.45) is 11.7 Å². The van der Waals surface area contributed by atoms with E-state index >= 15 is 0 Å². The molecular weight excluding hydrogens is 295 g/mol. The molecule has 0 radical (unpaired) electrons. The summed E-state index contributed by atoms with van der Waals surface area (Å²) < 4.78 is 18.7. The zero-order chi connectivity index (χ0) is 14.5. The molecule has 6 heteroatoms. The van der Waals surface area contributed by atoms with Gasteiger partial charge in [-0.3, -0.25) is 4.79 Å². The van der Waals surface area contributed by atoms with Crippen LogP contribution in [0.15, 0.2) is 24.3 Å². The molecule has 2 atom stereocenters. The minimum Gasteiger partial charge on any atom is -0.489 e. The number of likely N-dealkylation sites (N-methyl/N-ethyl adjacent to an activating group) is 1. The minimum atomic E-state index is -0.390. The van der Waals surface area contributed by atoms with Crippen LogP contribution in [0.5, 0.6) is 5.75 Å². The maximum Gasteiger partial charge on any atom is 0.227 e. The second-order valence-electron chi connectivity index (χ2n) is 5.24. The van der Waals surface area contributed by atoms with E-state index in [9.17, 15) is 9.18 Å². The van der Waals surface area contributed by atoms with Crippen molar-refractivity contribution in [2.75, 3.05) is 20.2 Å². The van der Waals surface area contributed by atoms with Crippen LogP contribution in [0.1, 0.15) is 19.3 Å². The van der Waals surface area contributed by atoms with E-state index in [1.54, 1.807) is 30.1 Å². The molecule has 2 rings (SSSR count). The van der Waals surface area contributed by atoms with Gasteiger partial charge in [0.25, 0.3) is 0 Å². The standard InChI is InChI=1S/C15H21FN2O2.ClH/c1-18(15(19)11-5-4-7-13(11)17)9-10-20-14-8-3-2-6-12(14)16;/h2-3,6,8,11,13H,4-5,7,9-10,17H2,1H3;1H. The Bertz CT molecular complexity index is 473. The highest BCUT2D eigenvalue weighted by atomic mass is 35.5. The van der Waals surface area contributed by atoms with Crippen LogP contribution in [0.3, 0.4) is 0 Å². The first kappa shape index (κ1) is 17.7. The van der Waals surface area contributed by atoms with E-state index in [0.717, 1.165) is 19.3 Å². The number of carbonyl (C=O) groups excluding carboxylic acids is 1. The monoisotopic (exact) mass is 316 g/mol. The number of hydrogen-bond acceptors (Lipinski definition) is 3.